The van der Waals surface area contributed by atoms with Crippen LogP contribution < -0.4 is 19.8 Å². The van der Waals surface area contributed by atoms with Gasteiger partial charge in [-0.2, -0.15) is 9.67 Å². The van der Waals surface area contributed by atoms with E-state index in [1.807, 2.05) is 31.2 Å². The van der Waals surface area contributed by atoms with Crippen LogP contribution in [0.2, 0.25) is 0 Å². The second-order valence-electron chi connectivity index (χ2n) is 7.33. The zero-order valence-corrected chi connectivity index (χ0v) is 19.2. The van der Waals surface area contributed by atoms with Crippen molar-refractivity contribution < 1.29 is 18.7 Å². The van der Waals surface area contributed by atoms with E-state index < -0.39 is 5.56 Å². The van der Waals surface area contributed by atoms with Gasteiger partial charge in [-0.05, 0) is 31.2 Å². The summed E-state index contributed by atoms with van der Waals surface area (Å²) in [5.41, 5.74) is 1.29. The summed E-state index contributed by atoms with van der Waals surface area (Å²) in [6.45, 7) is 2.38. The number of methoxy groups -OCH3 is 2. The lowest BCUT2D eigenvalue weighted by Gasteiger charge is -2.09. The molecule has 0 aliphatic carbocycles. The third kappa shape index (κ3) is 4.05. The van der Waals surface area contributed by atoms with Crippen molar-refractivity contribution >= 4 is 11.2 Å². The number of nitrogens with zero attached hydrogens (tertiary/aromatic N) is 7. The van der Waals surface area contributed by atoms with Crippen LogP contribution in [-0.4, -0.2) is 55.5 Å². The first kappa shape index (κ1) is 22.1. The van der Waals surface area contributed by atoms with Gasteiger partial charge in [0.1, 0.15) is 35.8 Å². The van der Waals surface area contributed by atoms with Crippen LogP contribution in [-0.2, 0) is 6.54 Å². The van der Waals surface area contributed by atoms with Crippen LogP contribution in [0.1, 0.15) is 12.8 Å². The van der Waals surface area contributed by atoms with Crippen LogP contribution in [0.3, 0.4) is 0 Å². The van der Waals surface area contributed by atoms with Gasteiger partial charge in [0, 0.05) is 6.07 Å². The predicted octanol–water partition coefficient (Wildman–Crippen LogP) is 2.49. The molecular weight excluding hydrogens is 454 g/mol. The van der Waals surface area contributed by atoms with E-state index in [0.717, 1.165) is 0 Å². The lowest BCUT2D eigenvalue weighted by molar-refractivity contribution is 0.338. The Hall–Kier alpha value is -4.74. The van der Waals surface area contributed by atoms with Crippen molar-refractivity contribution in [3.8, 4) is 34.3 Å². The van der Waals surface area contributed by atoms with Crippen molar-refractivity contribution in [2.45, 2.75) is 13.5 Å². The number of hydrogen-bond donors (Lipinski definition) is 0. The summed E-state index contributed by atoms with van der Waals surface area (Å²) < 4.78 is 24.5. The molecule has 0 fully saturated rings. The van der Waals surface area contributed by atoms with Crippen LogP contribution in [0.5, 0.6) is 17.2 Å². The average molecular weight is 475 g/mol. The Morgan fingerprint density at radius 3 is 2.71 bits per heavy atom. The van der Waals surface area contributed by atoms with Gasteiger partial charge in [-0.1, -0.05) is 22.5 Å². The molecule has 12 nitrogen and oxygen atoms in total. The van der Waals surface area contributed by atoms with Crippen molar-refractivity contribution in [3.05, 3.63) is 65.0 Å². The fraction of sp³-hybridized carbons (Fsp3) is 0.217. The summed E-state index contributed by atoms with van der Waals surface area (Å²) >= 11 is 0. The quantitative estimate of drug-likeness (QED) is 0.330. The van der Waals surface area contributed by atoms with Gasteiger partial charge in [0.05, 0.1) is 26.4 Å². The Labute approximate surface area is 198 Å². The Morgan fingerprint density at radius 1 is 1.06 bits per heavy atom. The van der Waals surface area contributed by atoms with Crippen LogP contribution in [0, 0.1) is 0 Å². The monoisotopic (exact) mass is 475 g/mol. The first-order valence-corrected chi connectivity index (χ1v) is 10.7. The molecule has 3 aromatic heterocycles. The highest BCUT2D eigenvalue weighted by Gasteiger charge is 2.18. The van der Waals surface area contributed by atoms with Gasteiger partial charge in [-0.25, -0.2) is 4.98 Å². The summed E-state index contributed by atoms with van der Waals surface area (Å²) in [6, 6.07) is 12.6. The molecule has 2 aromatic carbocycles. The van der Waals surface area contributed by atoms with E-state index in [1.54, 1.807) is 32.4 Å². The molecule has 0 aliphatic heterocycles. The maximum atomic E-state index is 13.1. The summed E-state index contributed by atoms with van der Waals surface area (Å²) in [6.07, 6.45) is 1.39. The lowest BCUT2D eigenvalue weighted by Crippen LogP contribution is -2.21. The van der Waals surface area contributed by atoms with E-state index in [-0.39, 0.29) is 18.0 Å². The topological polar surface area (TPSA) is 132 Å². The van der Waals surface area contributed by atoms with E-state index in [9.17, 15) is 4.79 Å². The smallest absolute Gasteiger partial charge is 0.284 e. The SMILES string of the molecule is CCOc1ccccc1-n1nnc2c(=O)n(Cc3nc(-c4ccc(OC)cc4OC)no3)cnc21. The average Bonchev–Trinajstić information content (AvgIpc) is 3.53. The zero-order chi connectivity index (χ0) is 24.4. The molecule has 178 valence electrons. The first-order chi connectivity index (χ1) is 17.1. The van der Waals surface area contributed by atoms with Crippen LogP contribution in [0.25, 0.3) is 28.2 Å². The molecule has 0 amide bonds. The van der Waals surface area contributed by atoms with Gasteiger partial charge in [-0.15, -0.1) is 5.10 Å². The van der Waals surface area contributed by atoms with E-state index in [0.29, 0.717) is 46.6 Å². The normalized spacial score (nSPS) is 11.1. The molecule has 0 radical (unpaired) electrons. The van der Waals surface area contributed by atoms with Crippen LogP contribution >= 0.6 is 0 Å². The Balaban J connectivity index is 1.46. The predicted molar refractivity (Wildman–Crippen MR) is 124 cm³/mol. The molecule has 35 heavy (non-hydrogen) atoms. The van der Waals surface area contributed by atoms with Gasteiger partial charge in [0.25, 0.3) is 5.56 Å². The maximum absolute atomic E-state index is 13.1. The van der Waals surface area contributed by atoms with Gasteiger partial charge < -0.3 is 18.7 Å². The molecule has 3 heterocycles. The van der Waals surface area contributed by atoms with Crippen molar-refractivity contribution in [3.63, 3.8) is 0 Å². The third-order valence-corrected chi connectivity index (χ3v) is 5.25. The van der Waals surface area contributed by atoms with E-state index in [4.69, 9.17) is 18.7 Å². The molecule has 5 aromatic rings. The van der Waals surface area contributed by atoms with Gasteiger partial charge >= 0.3 is 0 Å². The Morgan fingerprint density at radius 2 is 1.91 bits per heavy atom. The number of hydrogen-bond acceptors (Lipinski definition) is 10. The third-order valence-electron chi connectivity index (χ3n) is 5.25. The Kier molecular flexibility index (Phi) is 5.83. The minimum Gasteiger partial charge on any atom is -0.497 e. The van der Waals surface area contributed by atoms with Gasteiger partial charge in [0.15, 0.2) is 11.2 Å². The molecule has 0 saturated carbocycles. The van der Waals surface area contributed by atoms with Crippen LogP contribution in [0.4, 0.5) is 0 Å². The summed E-state index contributed by atoms with van der Waals surface area (Å²) in [7, 11) is 3.11. The van der Waals surface area contributed by atoms with Crippen molar-refractivity contribution in [2.75, 3.05) is 20.8 Å². The number of benzene rings is 2. The molecule has 0 N–H and O–H groups in total. The summed E-state index contributed by atoms with van der Waals surface area (Å²) in [5, 5.41) is 12.2. The second kappa shape index (κ2) is 9.25. The molecule has 0 unspecified atom stereocenters. The number of ether oxygens (including phenoxy) is 3. The summed E-state index contributed by atoms with van der Waals surface area (Å²) in [4.78, 5) is 21.9. The first-order valence-electron chi connectivity index (χ1n) is 10.7. The minimum absolute atomic E-state index is 0.00956. The Bertz CT molecular complexity index is 1560. The standard InChI is InChI=1S/C23H21N7O5/c1-4-34-17-8-6-5-7-16(17)30-22-20(26-28-30)23(31)29(13-24-22)12-19-25-21(27-35-19)15-10-9-14(32-2)11-18(15)33-3/h5-11,13H,4,12H2,1-3H3. The molecule has 12 heteroatoms. The highest BCUT2D eigenvalue weighted by molar-refractivity contribution is 5.71. The highest BCUT2D eigenvalue weighted by Crippen LogP contribution is 2.31. The van der Waals surface area contributed by atoms with E-state index in [1.165, 1.54) is 15.6 Å². The maximum Gasteiger partial charge on any atom is 0.284 e. The van der Waals surface area contributed by atoms with E-state index >= 15 is 0 Å². The number of aromatic nitrogens is 7. The molecule has 0 spiro atoms. The fourth-order valence-corrected chi connectivity index (χ4v) is 3.59. The largest absolute Gasteiger partial charge is 0.497 e. The number of para-hydroxylation sites is 2. The molecule has 0 saturated heterocycles. The molecular formula is C23H21N7O5. The van der Waals surface area contributed by atoms with Gasteiger partial charge in [-0.3, -0.25) is 9.36 Å². The summed E-state index contributed by atoms with van der Waals surface area (Å²) in [5.74, 6) is 2.31. The van der Waals surface area contributed by atoms with Crippen molar-refractivity contribution in [1.82, 2.24) is 34.7 Å². The molecule has 0 atom stereocenters. The van der Waals surface area contributed by atoms with Crippen LogP contribution in [0.15, 0.2) is 58.1 Å². The number of rotatable bonds is 8. The molecule has 0 aliphatic rings. The van der Waals surface area contributed by atoms with Gasteiger partial charge in [0.2, 0.25) is 11.7 Å². The van der Waals surface area contributed by atoms with E-state index in [2.05, 4.69) is 25.4 Å². The molecule has 5 rings (SSSR count). The fourth-order valence-electron chi connectivity index (χ4n) is 3.59. The number of fused-ring (bicyclic) bond motifs is 1. The lowest BCUT2D eigenvalue weighted by atomic mass is 10.2. The highest BCUT2D eigenvalue weighted by atomic mass is 16.5. The minimum atomic E-state index is -0.392. The second-order valence-corrected chi connectivity index (χ2v) is 7.33. The zero-order valence-electron chi connectivity index (χ0n) is 19.2. The van der Waals surface area contributed by atoms with Crippen molar-refractivity contribution in [1.29, 1.82) is 0 Å². The molecule has 0 bridgehead atoms. The van der Waals surface area contributed by atoms with Crippen molar-refractivity contribution in [2.24, 2.45) is 0 Å².